The zero-order chi connectivity index (χ0) is 52.5. The molecule has 4 aromatic carbocycles. The van der Waals surface area contributed by atoms with Gasteiger partial charge in [-0.1, -0.05) is 74.8 Å². The largest absolute Gasteiger partial charge is 0.477 e. The fourth-order valence-electron chi connectivity index (χ4n) is 9.46. The Labute approximate surface area is 436 Å². The number of aromatic carboxylic acids is 2. The standard InChI is InChI=1S/C27H26FN5O4.C17H18FN3O3.C10H9BrN2O/c1-16-29-26(30-37-16)18-4-2-17(3-5-18)14-31-8-10-32(11-9-31)24-13-23-20(12-22(24)28)25(34)21(27(35)36)15-33(23)19-6-7-19;18-13-7-11-14(8-15(13)20-5-3-19-4-6-20)21(10-1-2-10)9-12(16(11)22)17(23)24;1-7-12-10(13-14-7)9-4-2-8(6-11)3-5-9/h2-5,12-13,15,19H,6-11,14H2,1H3,(H,35,36);7-10,19H,1-6H2,(H,23,24);2-5H,6H2,1H3. The molecule has 0 bridgehead atoms. The Hall–Kier alpha value is -7.62. The van der Waals surface area contributed by atoms with Gasteiger partial charge in [-0.3, -0.25) is 14.5 Å². The number of anilines is 2. The Balaban J connectivity index is 0.000000144. The average Bonchev–Trinajstić information content (AvgIpc) is 4.36. The molecule has 4 aliphatic rings. The Bertz CT molecular complexity index is 3540. The van der Waals surface area contributed by atoms with Gasteiger partial charge in [0.2, 0.25) is 34.3 Å². The summed E-state index contributed by atoms with van der Waals surface area (Å²) < 4.78 is 43.4. The van der Waals surface area contributed by atoms with Crippen molar-refractivity contribution in [2.75, 3.05) is 62.2 Å². The molecular formula is C54H53BrF2N10O8. The normalized spacial score (nSPS) is 15.9. The number of halogens is 3. The molecule has 0 spiro atoms. The summed E-state index contributed by atoms with van der Waals surface area (Å²) in [5, 5.41) is 30.8. The molecular weight excluding hydrogens is 1030 g/mol. The van der Waals surface area contributed by atoms with Crippen LogP contribution in [0.1, 0.15) is 81.4 Å². The number of nitrogens with zero attached hydrogens (tertiary/aromatic N) is 9. The van der Waals surface area contributed by atoms with Crippen LogP contribution in [0.25, 0.3) is 44.6 Å². The van der Waals surface area contributed by atoms with E-state index >= 15 is 4.39 Å². The third kappa shape index (κ3) is 11.3. The first-order valence-electron chi connectivity index (χ1n) is 24.7. The van der Waals surface area contributed by atoms with Gasteiger partial charge < -0.3 is 43.5 Å². The van der Waals surface area contributed by atoms with Crippen LogP contribution in [0.15, 0.2) is 104 Å². The van der Waals surface area contributed by atoms with E-state index in [0.29, 0.717) is 72.0 Å². The third-order valence-corrected chi connectivity index (χ3v) is 14.4. The van der Waals surface area contributed by atoms with E-state index in [0.717, 1.165) is 80.4 Å². The number of fused-ring (bicyclic) bond motifs is 2. The van der Waals surface area contributed by atoms with Crippen molar-refractivity contribution in [1.29, 1.82) is 0 Å². The monoisotopic (exact) mass is 1090 g/mol. The molecule has 4 aromatic heterocycles. The molecule has 388 valence electrons. The summed E-state index contributed by atoms with van der Waals surface area (Å²) in [6, 6.07) is 22.3. The van der Waals surface area contributed by atoms with Crippen LogP contribution >= 0.6 is 15.9 Å². The van der Waals surface area contributed by atoms with Crippen LogP contribution in [0.4, 0.5) is 20.2 Å². The van der Waals surface area contributed by atoms with Crippen LogP contribution in [0.5, 0.6) is 0 Å². The molecule has 2 aliphatic heterocycles. The van der Waals surface area contributed by atoms with E-state index in [4.69, 9.17) is 9.05 Å². The molecule has 0 amide bonds. The summed E-state index contributed by atoms with van der Waals surface area (Å²) >= 11 is 3.39. The highest BCUT2D eigenvalue weighted by Crippen LogP contribution is 2.40. The van der Waals surface area contributed by atoms with E-state index in [1.165, 1.54) is 30.1 Å². The lowest BCUT2D eigenvalue weighted by Gasteiger charge is -2.36. The number of carbonyl (C=O) groups is 2. The molecule has 2 saturated heterocycles. The van der Waals surface area contributed by atoms with Crippen molar-refractivity contribution in [1.82, 2.24) is 39.6 Å². The molecule has 0 radical (unpaired) electrons. The number of aromatic nitrogens is 6. The molecule has 18 nitrogen and oxygen atoms in total. The fourth-order valence-corrected chi connectivity index (χ4v) is 9.84. The minimum atomic E-state index is -1.29. The Morgan fingerprint density at radius 3 is 1.45 bits per heavy atom. The van der Waals surface area contributed by atoms with E-state index in [2.05, 4.69) is 58.6 Å². The van der Waals surface area contributed by atoms with Crippen molar-refractivity contribution in [2.24, 2.45) is 0 Å². The van der Waals surface area contributed by atoms with Crippen LogP contribution in [-0.4, -0.2) is 109 Å². The summed E-state index contributed by atoms with van der Waals surface area (Å²) in [5.74, 6) is -1.22. The Kier molecular flexibility index (Phi) is 14.7. The molecule has 0 unspecified atom stereocenters. The predicted octanol–water partition coefficient (Wildman–Crippen LogP) is 8.38. The molecule has 8 aromatic rings. The smallest absolute Gasteiger partial charge is 0.341 e. The number of carboxylic acids is 2. The minimum Gasteiger partial charge on any atom is -0.477 e. The van der Waals surface area contributed by atoms with Gasteiger partial charge in [0.1, 0.15) is 22.8 Å². The van der Waals surface area contributed by atoms with Crippen LogP contribution < -0.4 is 26.0 Å². The number of hydrogen-bond donors (Lipinski definition) is 3. The lowest BCUT2D eigenvalue weighted by Crippen LogP contribution is -2.46. The van der Waals surface area contributed by atoms with Gasteiger partial charge in [0.05, 0.1) is 22.4 Å². The summed E-state index contributed by atoms with van der Waals surface area (Å²) in [5.41, 5.74) is 4.51. The molecule has 75 heavy (non-hydrogen) atoms. The number of benzene rings is 4. The van der Waals surface area contributed by atoms with Gasteiger partial charge >= 0.3 is 11.9 Å². The topological polar surface area (TPSA) is 218 Å². The van der Waals surface area contributed by atoms with E-state index in [1.807, 2.05) is 55.3 Å². The third-order valence-electron chi connectivity index (χ3n) is 13.8. The number of alkyl halides is 1. The first-order chi connectivity index (χ1) is 36.2. The Morgan fingerprint density at radius 1 is 0.640 bits per heavy atom. The predicted molar refractivity (Wildman–Crippen MR) is 281 cm³/mol. The highest BCUT2D eigenvalue weighted by Gasteiger charge is 2.30. The van der Waals surface area contributed by atoms with Gasteiger partial charge in [0, 0.05) is 124 Å². The van der Waals surface area contributed by atoms with Gasteiger partial charge in [-0.2, -0.15) is 9.97 Å². The first-order valence-corrected chi connectivity index (χ1v) is 25.9. The van der Waals surface area contributed by atoms with Crippen LogP contribution in [-0.2, 0) is 11.9 Å². The highest BCUT2D eigenvalue weighted by molar-refractivity contribution is 9.08. The van der Waals surface area contributed by atoms with Gasteiger partial charge in [-0.05, 0) is 61.1 Å². The number of carboxylic acid groups (broad SMARTS) is 2. The average molecular weight is 1090 g/mol. The molecule has 2 aliphatic carbocycles. The van der Waals surface area contributed by atoms with Gasteiger partial charge in [0.25, 0.3) is 0 Å². The number of nitrogens with one attached hydrogen (secondary N) is 1. The molecule has 2 saturated carbocycles. The SMILES string of the molecule is Cc1nc(-c2ccc(CBr)cc2)no1.Cc1nc(-c2ccc(CN3CCN(c4cc5c(cc4F)c(=O)c(C(=O)O)cn5C4CC4)CC3)cc2)no1.O=C(O)c1cn(C2CC2)c2cc(N3CCNCC3)c(F)cc2c1=O. The number of piperazine rings is 2. The second kappa shape index (κ2) is 21.7. The molecule has 0 atom stereocenters. The zero-order valence-corrected chi connectivity index (χ0v) is 42.7. The van der Waals surface area contributed by atoms with Crippen molar-refractivity contribution >= 4 is 61.0 Å². The number of rotatable bonds is 11. The zero-order valence-electron chi connectivity index (χ0n) is 41.1. The minimum absolute atomic E-state index is 0.117. The Morgan fingerprint density at radius 2 is 1.07 bits per heavy atom. The summed E-state index contributed by atoms with van der Waals surface area (Å²) in [4.78, 5) is 62.7. The van der Waals surface area contributed by atoms with Crippen LogP contribution in [0.3, 0.4) is 0 Å². The van der Waals surface area contributed by atoms with Gasteiger partial charge in [0.15, 0.2) is 0 Å². The van der Waals surface area contributed by atoms with E-state index in [9.17, 15) is 33.8 Å². The lowest BCUT2D eigenvalue weighted by atomic mass is 10.1. The summed E-state index contributed by atoms with van der Waals surface area (Å²) in [6.45, 7) is 10.1. The van der Waals surface area contributed by atoms with Crippen molar-refractivity contribution in [2.45, 2.75) is 63.5 Å². The molecule has 4 fully saturated rings. The van der Waals surface area contributed by atoms with E-state index < -0.39 is 34.4 Å². The number of pyridine rings is 2. The maximum absolute atomic E-state index is 15.2. The van der Waals surface area contributed by atoms with Crippen LogP contribution in [0, 0.1) is 25.5 Å². The second-order valence-corrected chi connectivity index (χ2v) is 19.6. The van der Waals surface area contributed by atoms with E-state index in [1.54, 1.807) is 26.0 Å². The quantitative estimate of drug-likeness (QED) is 0.104. The fraction of sp³-hybridized carbons (Fsp3) is 0.333. The lowest BCUT2D eigenvalue weighted by molar-refractivity contribution is 0.0684. The summed E-state index contributed by atoms with van der Waals surface area (Å²) in [7, 11) is 0. The molecule has 3 N–H and O–H groups in total. The van der Waals surface area contributed by atoms with Gasteiger partial charge in [-0.15, -0.1) is 0 Å². The van der Waals surface area contributed by atoms with Gasteiger partial charge in [-0.25, -0.2) is 18.4 Å². The van der Waals surface area contributed by atoms with Crippen LogP contribution in [0.2, 0.25) is 0 Å². The van der Waals surface area contributed by atoms with Crippen molar-refractivity contribution < 1.29 is 37.6 Å². The molecule has 12 rings (SSSR count). The number of hydrogen-bond acceptors (Lipinski definition) is 14. The maximum atomic E-state index is 15.2. The first kappa shape index (κ1) is 50.9. The molecule has 21 heteroatoms. The van der Waals surface area contributed by atoms with Crippen molar-refractivity contribution in [3.05, 3.63) is 151 Å². The highest BCUT2D eigenvalue weighted by atomic mass is 79.9. The molecule has 6 heterocycles. The maximum Gasteiger partial charge on any atom is 0.341 e. The van der Waals surface area contributed by atoms with Crippen molar-refractivity contribution in [3.8, 4) is 22.8 Å². The van der Waals surface area contributed by atoms with Crippen molar-refractivity contribution in [3.63, 3.8) is 0 Å². The second-order valence-electron chi connectivity index (χ2n) is 19.1. The summed E-state index contributed by atoms with van der Waals surface area (Å²) in [6.07, 6.45) is 6.53. The number of aryl methyl sites for hydroxylation is 2. The van der Waals surface area contributed by atoms with E-state index in [-0.39, 0.29) is 34.0 Å².